The van der Waals surface area contributed by atoms with Gasteiger partial charge in [0, 0.05) is 0 Å². The van der Waals surface area contributed by atoms with Gasteiger partial charge in [0.25, 0.3) is 0 Å². The molecule has 5 atom stereocenters. The van der Waals surface area contributed by atoms with Crippen molar-refractivity contribution in [1.29, 1.82) is 0 Å². The Morgan fingerprint density at radius 3 is 2.53 bits per heavy atom. The maximum Gasteiger partial charge on any atom is 0.307 e. The molecule has 5 unspecified atom stereocenters. The van der Waals surface area contributed by atoms with Gasteiger partial charge in [-0.3, -0.25) is 15.0 Å². The van der Waals surface area contributed by atoms with Crippen LogP contribution in [0.3, 0.4) is 0 Å². The van der Waals surface area contributed by atoms with Gasteiger partial charge >= 0.3 is 5.97 Å². The molecule has 1 amide bonds. The zero-order valence-corrected chi connectivity index (χ0v) is 8.64. The number of aliphatic carboxylic acids is 1. The topological polar surface area (TPSA) is 92.4 Å². The van der Waals surface area contributed by atoms with E-state index in [1.165, 1.54) is 0 Å². The second-order valence-corrected chi connectivity index (χ2v) is 4.77. The molecule has 5 heteroatoms. The minimum atomic E-state index is -0.858. The average Bonchev–Trinajstić information content (AvgIpc) is 2.71. The summed E-state index contributed by atoms with van der Waals surface area (Å²) < 4.78 is 0. The second kappa shape index (κ2) is 3.48. The van der Waals surface area contributed by atoms with E-state index in [4.69, 9.17) is 10.9 Å². The van der Waals surface area contributed by atoms with E-state index in [1.54, 1.807) is 0 Å². The van der Waals surface area contributed by atoms with Crippen molar-refractivity contribution in [2.75, 3.05) is 0 Å². The molecule has 2 fully saturated rings. The Kier molecular flexibility index (Phi) is 2.42. The minimum absolute atomic E-state index is 0.157. The average molecular weight is 212 g/mol. The van der Waals surface area contributed by atoms with Gasteiger partial charge in [-0.25, -0.2) is 5.84 Å². The number of amides is 1. The molecule has 0 aliphatic heterocycles. The molecule has 2 rings (SSSR count). The molecule has 0 saturated heterocycles. The largest absolute Gasteiger partial charge is 0.481 e. The minimum Gasteiger partial charge on any atom is -0.481 e. The lowest BCUT2D eigenvalue weighted by atomic mass is 9.74. The monoisotopic (exact) mass is 212 g/mol. The molecule has 2 aliphatic carbocycles. The van der Waals surface area contributed by atoms with E-state index in [0.29, 0.717) is 5.92 Å². The maximum atomic E-state index is 11.6. The summed E-state index contributed by atoms with van der Waals surface area (Å²) in [6.45, 7) is 2.08. The summed E-state index contributed by atoms with van der Waals surface area (Å²) in [6, 6.07) is 0. The molecule has 0 aromatic heterocycles. The molecule has 84 valence electrons. The van der Waals surface area contributed by atoms with E-state index in [2.05, 4.69) is 12.3 Å². The Morgan fingerprint density at radius 1 is 1.33 bits per heavy atom. The summed E-state index contributed by atoms with van der Waals surface area (Å²) in [5.74, 6) is 3.75. The molecule has 5 nitrogen and oxygen atoms in total. The van der Waals surface area contributed by atoms with Gasteiger partial charge in [0.2, 0.25) is 5.91 Å². The summed E-state index contributed by atoms with van der Waals surface area (Å²) in [5.41, 5.74) is 2.09. The van der Waals surface area contributed by atoms with Crippen LogP contribution < -0.4 is 11.3 Å². The third-order valence-corrected chi connectivity index (χ3v) is 4.07. The van der Waals surface area contributed by atoms with Crippen LogP contribution in [0.1, 0.15) is 19.8 Å². The van der Waals surface area contributed by atoms with Gasteiger partial charge < -0.3 is 5.11 Å². The van der Waals surface area contributed by atoms with Crippen LogP contribution in [-0.2, 0) is 9.59 Å². The molecule has 0 radical (unpaired) electrons. The zero-order valence-electron chi connectivity index (χ0n) is 8.64. The molecule has 2 saturated carbocycles. The molecule has 15 heavy (non-hydrogen) atoms. The lowest BCUT2D eigenvalue weighted by Crippen LogP contribution is -2.45. The van der Waals surface area contributed by atoms with Crippen molar-refractivity contribution in [3.05, 3.63) is 0 Å². The van der Waals surface area contributed by atoms with E-state index < -0.39 is 17.8 Å². The van der Waals surface area contributed by atoms with Gasteiger partial charge in [-0.1, -0.05) is 6.92 Å². The maximum absolute atomic E-state index is 11.6. The van der Waals surface area contributed by atoms with E-state index in [9.17, 15) is 9.59 Å². The Morgan fingerprint density at radius 2 is 2.00 bits per heavy atom. The van der Waals surface area contributed by atoms with E-state index in [1.807, 2.05) is 0 Å². The number of carbonyl (C=O) groups excluding carboxylic acids is 1. The highest BCUT2D eigenvalue weighted by molar-refractivity contribution is 5.85. The first-order chi connectivity index (χ1) is 7.06. The Labute approximate surface area is 88.0 Å². The molecule has 0 heterocycles. The fraction of sp³-hybridized carbons (Fsp3) is 0.800. The van der Waals surface area contributed by atoms with Crippen molar-refractivity contribution in [3.63, 3.8) is 0 Å². The molecule has 0 spiro atoms. The van der Waals surface area contributed by atoms with Crippen LogP contribution in [0.2, 0.25) is 0 Å². The smallest absolute Gasteiger partial charge is 0.307 e. The highest BCUT2D eigenvalue weighted by Gasteiger charge is 2.56. The van der Waals surface area contributed by atoms with Crippen LogP contribution in [0.15, 0.2) is 0 Å². The molecular formula is C10H16N2O3. The van der Waals surface area contributed by atoms with Gasteiger partial charge in [0.1, 0.15) is 0 Å². The van der Waals surface area contributed by atoms with Crippen LogP contribution in [0.4, 0.5) is 0 Å². The number of hydrogen-bond donors (Lipinski definition) is 3. The van der Waals surface area contributed by atoms with Crippen molar-refractivity contribution in [2.45, 2.75) is 19.8 Å². The fourth-order valence-corrected chi connectivity index (χ4v) is 3.49. The number of fused-ring (bicyclic) bond motifs is 2. The number of carbonyl (C=O) groups is 2. The van der Waals surface area contributed by atoms with Crippen LogP contribution >= 0.6 is 0 Å². The highest BCUT2D eigenvalue weighted by atomic mass is 16.4. The first-order valence-corrected chi connectivity index (χ1v) is 5.29. The number of hydrogen-bond acceptors (Lipinski definition) is 3. The van der Waals surface area contributed by atoms with Crippen LogP contribution in [0.5, 0.6) is 0 Å². The molecule has 2 bridgehead atoms. The van der Waals surface area contributed by atoms with Crippen LogP contribution in [0, 0.1) is 29.6 Å². The summed E-state index contributed by atoms with van der Waals surface area (Å²) in [5, 5.41) is 9.12. The fourth-order valence-electron chi connectivity index (χ4n) is 3.49. The molecule has 0 aromatic carbocycles. The Bertz CT molecular complexity index is 305. The van der Waals surface area contributed by atoms with Gasteiger partial charge in [-0.2, -0.15) is 0 Å². The van der Waals surface area contributed by atoms with Crippen LogP contribution in [-0.4, -0.2) is 17.0 Å². The third kappa shape index (κ3) is 1.42. The van der Waals surface area contributed by atoms with E-state index in [0.717, 1.165) is 12.8 Å². The third-order valence-electron chi connectivity index (χ3n) is 4.07. The number of rotatable bonds is 2. The van der Waals surface area contributed by atoms with E-state index in [-0.39, 0.29) is 17.7 Å². The van der Waals surface area contributed by atoms with Gasteiger partial charge in [-0.05, 0) is 30.6 Å². The quantitative estimate of drug-likeness (QED) is 0.340. The van der Waals surface area contributed by atoms with Crippen molar-refractivity contribution in [1.82, 2.24) is 5.43 Å². The van der Waals surface area contributed by atoms with Crippen molar-refractivity contribution in [3.8, 4) is 0 Å². The summed E-state index contributed by atoms with van der Waals surface area (Å²) in [7, 11) is 0. The van der Waals surface area contributed by atoms with Crippen molar-refractivity contribution < 1.29 is 14.7 Å². The predicted octanol–water partition coefficient (Wildman–Crippen LogP) is -0.0308. The Hall–Kier alpha value is -1.10. The highest BCUT2D eigenvalue weighted by Crippen LogP contribution is 2.55. The SMILES string of the molecule is CC1CC2CC1C(C(=O)NN)C2C(=O)O. The Balaban J connectivity index is 2.25. The summed E-state index contributed by atoms with van der Waals surface area (Å²) in [6.07, 6.45) is 1.78. The lowest BCUT2D eigenvalue weighted by Gasteiger charge is -2.30. The van der Waals surface area contributed by atoms with E-state index >= 15 is 0 Å². The van der Waals surface area contributed by atoms with Crippen LogP contribution in [0.25, 0.3) is 0 Å². The first-order valence-electron chi connectivity index (χ1n) is 5.29. The van der Waals surface area contributed by atoms with Gasteiger partial charge in [-0.15, -0.1) is 0 Å². The number of nitrogens with two attached hydrogens (primary N) is 1. The van der Waals surface area contributed by atoms with Gasteiger partial charge in [0.05, 0.1) is 11.8 Å². The van der Waals surface area contributed by atoms with Crippen molar-refractivity contribution in [2.24, 2.45) is 35.4 Å². The number of nitrogens with one attached hydrogen (secondary N) is 1. The molecule has 2 aliphatic rings. The first kappa shape index (κ1) is 10.4. The summed E-state index contributed by atoms with van der Waals surface area (Å²) in [4.78, 5) is 22.7. The lowest BCUT2D eigenvalue weighted by molar-refractivity contribution is -0.150. The number of carboxylic acid groups (broad SMARTS) is 1. The van der Waals surface area contributed by atoms with Gasteiger partial charge in [0.15, 0.2) is 0 Å². The standard InChI is InChI=1S/C10H16N2O3/c1-4-2-5-3-6(4)8(9(13)12-11)7(5)10(14)15/h4-8H,2-3,11H2,1H3,(H,12,13)(H,14,15). The summed E-state index contributed by atoms with van der Waals surface area (Å²) >= 11 is 0. The second-order valence-electron chi connectivity index (χ2n) is 4.77. The molecule has 0 aromatic rings. The number of carboxylic acids is 1. The normalized spacial score (nSPS) is 42.9. The predicted molar refractivity (Wildman–Crippen MR) is 52.3 cm³/mol. The zero-order chi connectivity index (χ0) is 11.2. The molecular weight excluding hydrogens is 196 g/mol. The van der Waals surface area contributed by atoms with Crippen molar-refractivity contribution >= 4 is 11.9 Å². The molecule has 4 N–H and O–H groups in total. The number of hydrazine groups is 1.